The monoisotopic (exact) mass is 258 g/mol. The smallest absolute Gasteiger partial charge is 0.256 e. The maximum absolute atomic E-state index is 12.7. The maximum Gasteiger partial charge on any atom is 0.256 e. The van der Waals surface area contributed by atoms with E-state index in [9.17, 15) is 4.79 Å². The molecule has 1 aromatic heterocycles. The van der Waals surface area contributed by atoms with Crippen LogP contribution in [0.4, 0.5) is 0 Å². The second-order valence-corrected chi connectivity index (χ2v) is 4.96. The molecule has 102 valence electrons. The molecule has 0 bridgehead atoms. The topological polar surface area (TPSA) is 25.2 Å². The molecule has 1 amide bonds. The summed E-state index contributed by atoms with van der Waals surface area (Å²) >= 11 is 0. The zero-order valence-corrected chi connectivity index (χ0v) is 12.0. The molecular formula is C16H22N2O. The van der Waals surface area contributed by atoms with Crippen LogP contribution in [0.15, 0.2) is 30.5 Å². The molecule has 0 N–H and O–H groups in total. The number of amides is 1. The van der Waals surface area contributed by atoms with Gasteiger partial charge in [-0.3, -0.25) is 4.79 Å². The molecule has 1 heterocycles. The van der Waals surface area contributed by atoms with Crippen LogP contribution in [0.2, 0.25) is 0 Å². The quantitative estimate of drug-likeness (QED) is 0.806. The van der Waals surface area contributed by atoms with E-state index in [1.165, 1.54) is 0 Å². The van der Waals surface area contributed by atoms with Crippen LogP contribution in [0.1, 0.15) is 37.0 Å². The molecule has 0 atom stereocenters. The first-order valence-electron chi connectivity index (χ1n) is 7.02. The van der Waals surface area contributed by atoms with Crippen molar-refractivity contribution in [2.75, 3.05) is 13.1 Å². The van der Waals surface area contributed by atoms with Gasteiger partial charge in [0.2, 0.25) is 0 Å². The number of hydrogen-bond acceptors (Lipinski definition) is 1. The molecule has 0 aliphatic carbocycles. The highest BCUT2D eigenvalue weighted by Gasteiger charge is 2.18. The molecule has 0 saturated heterocycles. The van der Waals surface area contributed by atoms with Gasteiger partial charge < -0.3 is 9.47 Å². The largest absolute Gasteiger partial charge is 0.350 e. The fourth-order valence-electron chi connectivity index (χ4n) is 2.54. The Bertz CT molecular complexity index is 565. The summed E-state index contributed by atoms with van der Waals surface area (Å²) in [6.45, 7) is 5.88. The van der Waals surface area contributed by atoms with Crippen LogP contribution < -0.4 is 0 Å². The minimum atomic E-state index is 0.153. The fourth-order valence-corrected chi connectivity index (χ4v) is 2.54. The van der Waals surface area contributed by atoms with Crippen LogP contribution in [-0.2, 0) is 7.05 Å². The van der Waals surface area contributed by atoms with Gasteiger partial charge in [0.25, 0.3) is 5.91 Å². The number of carbonyl (C=O) groups excluding carboxylic acids is 1. The molecule has 0 spiro atoms. The molecule has 2 rings (SSSR count). The van der Waals surface area contributed by atoms with E-state index >= 15 is 0 Å². The molecule has 0 saturated carbocycles. The van der Waals surface area contributed by atoms with Gasteiger partial charge in [0, 0.05) is 37.2 Å². The lowest BCUT2D eigenvalue weighted by atomic mass is 10.1. The Kier molecular flexibility index (Phi) is 4.25. The molecule has 0 unspecified atom stereocenters. The number of rotatable bonds is 5. The summed E-state index contributed by atoms with van der Waals surface area (Å²) in [6.07, 6.45) is 3.94. The Morgan fingerprint density at radius 2 is 1.79 bits per heavy atom. The van der Waals surface area contributed by atoms with Gasteiger partial charge in [-0.25, -0.2) is 0 Å². The third-order valence-corrected chi connectivity index (χ3v) is 3.40. The molecule has 3 heteroatoms. The van der Waals surface area contributed by atoms with Crippen molar-refractivity contribution >= 4 is 16.8 Å². The van der Waals surface area contributed by atoms with Crippen molar-refractivity contribution in [3.8, 4) is 0 Å². The van der Waals surface area contributed by atoms with Crippen molar-refractivity contribution in [3.05, 3.63) is 36.0 Å². The van der Waals surface area contributed by atoms with Gasteiger partial charge in [-0.1, -0.05) is 32.0 Å². The predicted octanol–water partition coefficient (Wildman–Crippen LogP) is 3.44. The molecule has 1 aromatic carbocycles. The van der Waals surface area contributed by atoms with Crippen LogP contribution in [0.5, 0.6) is 0 Å². The summed E-state index contributed by atoms with van der Waals surface area (Å²) in [7, 11) is 1.99. The zero-order chi connectivity index (χ0) is 13.8. The standard InChI is InChI=1S/C16H22N2O/c1-4-10-18(11-5-2)16(19)14-12-17(3)15-9-7-6-8-13(14)15/h6-9,12H,4-5,10-11H2,1-3H3. The van der Waals surface area contributed by atoms with Gasteiger partial charge in [-0.15, -0.1) is 0 Å². The number of aryl methyl sites for hydroxylation is 1. The number of nitrogens with zero attached hydrogens (tertiary/aromatic N) is 2. The lowest BCUT2D eigenvalue weighted by molar-refractivity contribution is 0.0757. The van der Waals surface area contributed by atoms with E-state index in [1.54, 1.807) is 0 Å². The van der Waals surface area contributed by atoms with E-state index in [1.807, 2.05) is 40.9 Å². The highest BCUT2D eigenvalue weighted by molar-refractivity contribution is 6.06. The molecular weight excluding hydrogens is 236 g/mol. The van der Waals surface area contributed by atoms with Gasteiger partial charge in [-0.2, -0.15) is 0 Å². The van der Waals surface area contributed by atoms with Crippen LogP contribution in [0, 0.1) is 0 Å². The van der Waals surface area contributed by atoms with Crippen molar-refractivity contribution in [2.24, 2.45) is 7.05 Å². The molecule has 3 nitrogen and oxygen atoms in total. The Morgan fingerprint density at radius 3 is 2.42 bits per heavy atom. The summed E-state index contributed by atoms with van der Waals surface area (Å²) in [5.41, 5.74) is 1.93. The summed E-state index contributed by atoms with van der Waals surface area (Å²) in [5.74, 6) is 0.153. The summed E-state index contributed by atoms with van der Waals surface area (Å²) in [4.78, 5) is 14.6. The number of fused-ring (bicyclic) bond motifs is 1. The first kappa shape index (κ1) is 13.7. The van der Waals surface area contributed by atoms with Crippen molar-refractivity contribution < 1.29 is 4.79 Å². The van der Waals surface area contributed by atoms with E-state index in [4.69, 9.17) is 0 Å². The van der Waals surface area contributed by atoms with E-state index in [0.717, 1.165) is 42.4 Å². The highest BCUT2D eigenvalue weighted by atomic mass is 16.2. The first-order chi connectivity index (χ1) is 9.19. The van der Waals surface area contributed by atoms with Gasteiger partial charge in [-0.05, 0) is 18.9 Å². The lowest BCUT2D eigenvalue weighted by Gasteiger charge is -2.21. The van der Waals surface area contributed by atoms with Crippen molar-refractivity contribution in [1.29, 1.82) is 0 Å². The maximum atomic E-state index is 12.7. The van der Waals surface area contributed by atoms with E-state index in [0.29, 0.717) is 0 Å². The fraction of sp³-hybridized carbons (Fsp3) is 0.438. The summed E-state index contributed by atoms with van der Waals surface area (Å²) in [6, 6.07) is 8.07. The number of benzene rings is 1. The Labute approximate surface area is 114 Å². The van der Waals surface area contributed by atoms with Crippen molar-refractivity contribution in [3.63, 3.8) is 0 Å². The second kappa shape index (κ2) is 5.91. The Hall–Kier alpha value is -1.77. The molecule has 0 fully saturated rings. The third kappa shape index (κ3) is 2.65. The zero-order valence-electron chi connectivity index (χ0n) is 12.0. The molecule has 0 radical (unpaired) electrons. The van der Waals surface area contributed by atoms with Crippen LogP contribution >= 0.6 is 0 Å². The van der Waals surface area contributed by atoms with E-state index < -0.39 is 0 Å². The average molecular weight is 258 g/mol. The normalized spacial score (nSPS) is 10.9. The molecule has 0 aliphatic rings. The highest BCUT2D eigenvalue weighted by Crippen LogP contribution is 2.21. The van der Waals surface area contributed by atoms with Crippen LogP contribution in [0.25, 0.3) is 10.9 Å². The molecule has 0 aliphatic heterocycles. The van der Waals surface area contributed by atoms with E-state index in [-0.39, 0.29) is 5.91 Å². The Morgan fingerprint density at radius 1 is 1.16 bits per heavy atom. The van der Waals surface area contributed by atoms with Gasteiger partial charge in [0.05, 0.1) is 5.56 Å². The number of para-hydroxylation sites is 1. The van der Waals surface area contributed by atoms with Gasteiger partial charge in [0.15, 0.2) is 0 Å². The number of aromatic nitrogens is 1. The van der Waals surface area contributed by atoms with Gasteiger partial charge >= 0.3 is 0 Å². The summed E-state index contributed by atoms with van der Waals surface area (Å²) < 4.78 is 2.03. The Balaban J connectivity index is 2.40. The minimum Gasteiger partial charge on any atom is -0.350 e. The molecule has 19 heavy (non-hydrogen) atoms. The third-order valence-electron chi connectivity index (χ3n) is 3.40. The minimum absolute atomic E-state index is 0.153. The van der Waals surface area contributed by atoms with E-state index in [2.05, 4.69) is 19.9 Å². The van der Waals surface area contributed by atoms with Crippen molar-refractivity contribution in [2.45, 2.75) is 26.7 Å². The predicted molar refractivity (Wildman–Crippen MR) is 79.4 cm³/mol. The van der Waals surface area contributed by atoms with Crippen LogP contribution in [0.3, 0.4) is 0 Å². The van der Waals surface area contributed by atoms with Gasteiger partial charge in [0.1, 0.15) is 0 Å². The SMILES string of the molecule is CCCN(CCC)C(=O)c1cn(C)c2ccccc12. The number of carbonyl (C=O) groups is 1. The average Bonchev–Trinajstić information content (AvgIpc) is 2.76. The second-order valence-electron chi connectivity index (χ2n) is 4.96. The summed E-state index contributed by atoms with van der Waals surface area (Å²) in [5, 5.41) is 1.05. The van der Waals surface area contributed by atoms with Crippen molar-refractivity contribution in [1.82, 2.24) is 9.47 Å². The first-order valence-corrected chi connectivity index (χ1v) is 7.02. The molecule has 2 aromatic rings. The van der Waals surface area contributed by atoms with Crippen LogP contribution in [-0.4, -0.2) is 28.5 Å². The number of hydrogen-bond donors (Lipinski definition) is 0. The lowest BCUT2D eigenvalue weighted by Crippen LogP contribution is -2.32.